The lowest BCUT2D eigenvalue weighted by Crippen LogP contribution is -2.23. The van der Waals surface area contributed by atoms with Gasteiger partial charge in [-0.2, -0.15) is 0 Å². The quantitative estimate of drug-likeness (QED) is 0.768. The molecule has 0 aliphatic heterocycles. The van der Waals surface area contributed by atoms with Gasteiger partial charge in [-0.05, 0) is 70.6 Å². The number of carbonyl (C=O) groups excluding carboxylic acids is 1. The van der Waals surface area contributed by atoms with Crippen LogP contribution >= 0.6 is 22.6 Å². The number of rotatable bonds is 4. The number of hydrogen-bond donors (Lipinski definition) is 2. The topological polar surface area (TPSA) is 50.4 Å². The van der Waals surface area contributed by atoms with Crippen LogP contribution in [-0.4, -0.2) is 13.1 Å². The molecule has 2 amide bonds. The molecule has 0 aliphatic carbocycles. The van der Waals surface area contributed by atoms with Crippen LogP contribution in [0.25, 0.3) is 6.08 Å². The molecule has 0 heterocycles. The van der Waals surface area contributed by atoms with Crippen molar-refractivity contribution >= 4 is 40.4 Å². The molecule has 5 heteroatoms. The van der Waals surface area contributed by atoms with Crippen LogP contribution in [0.5, 0.6) is 5.75 Å². The minimum absolute atomic E-state index is 0.277. The fourth-order valence-corrected chi connectivity index (χ4v) is 1.99. The lowest BCUT2D eigenvalue weighted by atomic mass is 10.2. The van der Waals surface area contributed by atoms with Gasteiger partial charge >= 0.3 is 6.03 Å². The van der Waals surface area contributed by atoms with E-state index in [1.54, 1.807) is 13.3 Å². The zero-order chi connectivity index (χ0) is 15.1. The monoisotopic (exact) mass is 394 g/mol. The zero-order valence-corrected chi connectivity index (χ0v) is 13.6. The first-order chi connectivity index (χ1) is 10.2. The van der Waals surface area contributed by atoms with E-state index >= 15 is 0 Å². The Kier molecular flexibility index (Phi) is 5.62. The number of benzene rings is 2. The number of nitrogens with one attached hydrogen (secondary N) is 2. The van der Waals surface area contributed by atoms with E-state index in [0.717, 1.165) is 20.6 Å². The molecule has 21 heavy (non-hydrogen) atoms. The molecule has 0 saturated heterocycles. The molecule has 2 rings (SSSR count). The average Bonchev–Trinajstić information content (AvgIpc) is 2.50. The number of hydrogen-bond acceptors (Lipinski definition) is 2. The fraction of sp³-hybridized carbons (Fsp3) is 0.0625. The third kappa shape index (κ3) is 5.11. The summed E-state index contributed by atoms with van der Waals surface area (Å²) in [6, 6.07) is 14.9. The maximum atomic E-state index is 11.7. The Balaban J connectivity index is 1.85. The van der Waals surface area contributed by atoms with E-state index in [1.165, 1.54) is 0 Å². The van der Waals surface area contributed by atoms with E-state index in [4.69, 9.17) is 4.74 Å². The fourth-order valence-electron chi connectivity index (χ4n) is 1.63. The molecule has 0 radical (unpaired) electrons. The summed E-state index contributed by atoms with van der Waals surface area (Å²) in [5, 5.41) is 5.41. The average molecular weight is 394 g/mol. The molecule has 4 nitrogen and oxygen atoms in total. The van der Waals surface area contributed by atoms with Crippen LogP contribution in [-0.2, 0) is 0 Å². The van der Waals surface area contributed by atoms with Crippen molar-refractivity contribution in [1.29, 1.82) is 0 Å². The van der Waals surface area contributed by atoms with E-state index in [2.05, 4.69) is 33.2 Å². The van der Waals surface area contributed by atoms with Gasteiger partial charge in [-0.25, -0.2) is 4.79 Å². The van der Waals surface area contributed by atoms with E-state index in [-0.39, 0.29) is 6.03 Å². The Labute approximate surface area is 137 Å². The summed E-state index contributed by atoms with van der Waals surface area (Å²) in [6.45, 7) is 0. The summed E-state index contributed by atoms with van der Waals surface area (Å²) in [7, 11) is 1.63. The molecule has 0 atom stereocenters. The lowest BCUT2D eigenvalue weighted by Gasteiger charge is -2.04. The number of carbonyl (C=O) groups is 1. The number of anilines is 1. The third-order valence-electron chi connectivity index (χ3n) is 2.71. The van der Waals surface area contributed by atoms with Gasteiger partial charge in [-0.15, -0.1) is 0 Å². The molecule has 2 N–H and O–H groups in total. The van der Waals surface area contributed by atoms with Crippen molar-refractivity contribution in [3.8, 4) is 5.75 Å². The third-order valence-corrected chi connectivity index (χ3v) is 3.43. The summed E-state index contributed by atoms with van der Waals surface area (Å²) >= 11 is 2.22. The van der Waals surface area contributed by atoms with Gasteiger partial charge in [-0.3, -0.25) is 0 Å². The van der Waals surface area contributed by atoms with Gasteiger partial charge in [0.1, 0.15) is 5.75 Å². The molecule has 0 bridgehead atoms. The van der Waals surface area contributed by atoms with Crippen molar-refractivity contribution < 1.29 is 9.53 Å². The van der Waals surface area contributed by atoms with E-state index < -0.39 is 0 Å². The van der Waals surface area contributed by atoms with E-state index in [1.807, 2.05) is 54.6 Å². The normalized spacial score (nSPS) is 10.4. The summed E-state index contributed by atoms with van der Waals surface area (Å²) < 4.78 is 6.21. The van der Waals surface area contributed by atoms with Crippen LogP contribution in [0.4, 0.5) is 10.5 Å². The highest BCUT2D eigenvalue weighted by Crippen LogP contribution is 2.12. The second kappa shape index (κ2) is 7.68. The van der Waals surface area contributed by atoms with Crippen LogP contribution in [0.2, 0.25) is 0 Å². The molecular formula is C16H15IN2O2. The standard InChI is InChI=1S/C16H15IN2O2/c1-21-15-8-2-12(3-9-15)10-11-18-16(20)19-14-6-4-13(17)5-7-14/h2-11H,1H3,(H2,18,19,20)/b11-10+. The van der Waals surface area contributed by atoms with Crippen LogP contribution in [0.1, 0.15) is 5.56 Å². The van der Waals surface area contributed by atoms with E-state index in [9.17, 15) is 4.79 Å². The largest absolute Gasteiger partial charge is 0.497 e. The zero-order valence-electron chi connectivity index (χ0n) is 11.5. The Morgan fingerprint density at radius 1 is 1.10 bits per heavy atom. The van der Waals surface area contributed by atoms with Crippen LogP contribution in [0.15, 0.2) is 54.7 Å². The number of methoxy groups -OCH3 is 1. The van der Waals surface area contributed by atoms with Gasteiger partial charge in [0.2, 0.25) is 0 Å². The molecular weight excluding hydrogens is 379 g/mol. The lowest BCUT2D eigenvalue weighted by molar-refractivity contribution is 0.255. The van der Waals surface area contributed by atoms with Crippen LogP contribution in [0.3, 0.4) is 0 Å². The van der Waals surface area contributed by atoms with Crippen molar-refractivity contribution in [1.82, 2.24) is 5.32 Å². The highest BCUT2D eigenvalue weighted by molar-refractivity contribution is 14.1. The first-order valence-corrected chi connectivity index (χ1v) is 7.39. The molecule has 0 aliphatic rings. The summed E-state index contributed by atoms with van der Waals surface area (Å²) in [6.07, 6.45) is 3.41. The highest BCUT2D eigenvalue weighted by atomic mass is 127. The van der Waals surface area contributed by atoms with Crippen molar-refractivity contribution in [2.45, 2.75) is 0 Å². The molecule has 0 saturated carbocycles. The maximum Gasteiger partial charge on any atom is 0.323 e. The van der Waals surface area contributed by atoms with Gasteiger partial charge < -0.3 is 15.4 Å². The summed E-state index contributed by atoms with van der Waals surface area (Å²) in [5.74, 6) is 0.802. The Bertz CT molecular complexity index is 622. The van der Waals surface area contributed by atoms with Gasteiger partial charge in [-0.1, -0.05) is 12.1 Å². The Morgan fingerprint density at radius 3 is 2.38 bits per heavy atom. The van der Waals surface area contributed by atoms with Crippen LogP contribution < -0.4 is 15.4 Å². The Morgan fingerprint density at radius 2 is 1.76 bits per heavy atom. The van der Waals surface area contributed by atoms with Gasteiger partial charge in [0.15, 0.2) is 0 Å². The van der Waals surface area contributed by atoms with E-state index in [0.29, 0.717) is 0 Å². The number of amides is 2. The predicted octanol–water partition coefficient (Wildman–Crippen LogP) is 4.09. The molecule has 0 spiro atoms. The second-order valence-electron chi connectivity index (χ2n) is 4.21. The van der Waals surface area contributed by atoms with Crippen molar-refractivity contribution in [2.75, 3.05) is 12.4 Å². The maximum absolute atomic E-state index is 11.7. The number of ether oxygens (including phenoxy) is 1. The first-order valence-electron chi connectivity index (χ1n) is 6.31. The molecule has 0 unspecified atom stereocenters. The van der Waals surface area contributed by atoms with Crippen molar-refractivity contribution in [3.63, 3.8) is 0 Å². The first kappa shape index (κ1) is 15.4. The second-order valence-corrected chi connectivity index (χ2v) is 5.46. The minimum atomic E-state index is -0.277. The van der Waals surface area contributed by atoms with Crippen LogP contribution in [0, 0.1) is 3.57 Å². The summed E-state index contributed by atoms with van der Waals surface area (Å²) in [4.78, 5) is 11.7. The smallest absolute Gasteiger partial charge is 0.323 e. The van der Waals surface area contributed by atoms with Gasteiger partial charge in [0.25, 0.3) is 0 Å². The summed E-state index contributed by atoms with van der Waals surface area (Å²) in [5.41, 5.74) is 1.73. The van der Waals surface area contributed by atoms with Crippen molar-refractivity contribution in [2.24, 2.45) is 0 Å². The predicted molar refractivity (Wildman–Crippen MR) is 93.3 cm³/mol. The molecule has 108 valence electrons. The molecule has 2 aromatic carbocycles. The molecule has 2 aromatic rings. The number of urea groups is 1. The minimum Gasteiger partial charge on any atom is -0.497 e. The van der Waals surface area contributed by atoms with Gasteiger partial charge in [0.05, 0.1) is 7.11 Å². The van der Waals surface area contributed by atoms with Crippen molar-refractivity contribution in [3.05, 3.63) is 63.9 Å². The highest BCUT2D eigenvalue weighted by Gasteiger charge is 1.98. The van der Waals surface area contributed by atoms with Gasteiger partial charge in [0, 0.05) is 15.5 Å². The molecule has 0 fully saturated rings. The Hall–Kier alpha value is -2.02. The SMILES string of the molecule is COc1ccc(/C=C/NC(=O)Nc2ccc(I)cc2)cc1. The number of halogens is 1. The molecule has 0 aromatic heterocycles.